The highest BCUT2D eigenvalue weighted by atomic mass is 16.4. The number of aliphatic carboxylic acids is 1. The minimum absolute atomic E-state index is 0.00625. The third-order valence-electron chi connectivity index (χ3n) is 3.99. The van der Waals surface area contributed by atoms with Gasteiger partial charge < -0.3 is 10.4 Å². The topological polar surface area (TPSA) is 66.4 Å². The first kappa shape index (κ1) is 15.0. The summed E-state index contributed by atoms with van der Waals surface area (Å²) in [5.74, 6) is -0.542. The highest BCUT2D eigenvalue weighted by Gasteiger charge is 2.46. The number of carboxylic acid groups (broad SMARTS) is 1. The van der Waals surface area contributed by atoms with Gasteiger partial charge in [-0.2, -0.15) is 0 Å². The molecule has 0 heterocycles. The fraction of sp³-hybridized carbons (Fsp3) is 0.857. The predicted octanol–water partition coefficient (Wildman–Crippen LogP) is 2.57. The average molecular weight is 255 g/mol. The van der Waals surface area contributed by atoms with Gasteiger partial charge >= 0.3 is 5.97 Å². The molecular weight excluding hydrogens is 230 g/mol. The first-order valence-electron chi connectivity index (χ1n) is 6.93. The zero-order chi connectivity index (χ0) is 13.8. The molecule has 0 aromatic heterocycles. The van der Waals surface area contributed by atoms with E-state index in [-0.39, 0.29) is 11.8 Å². The molecule has 2 unspecified atom stereocenters. The van der Waals surface area contributed by atoms with Gasteiger partial charge in [0.25, 0.3) is 0 Å². The summed E-state index contributed by atoms with van der Waals surface area (Å²) in [5, 5.41) is 12.3. The van der Waals surface area contributed by atoms with Gasteiger partial charge in [-0.15, -0.1) is 0 Å². The smallest absolute Gasteiger partial charge is 0.329 e. The van der Waals surface area contributed by atoms with Crippen LogP contribution in [0.25, 0.3) is 0 Å². The molecule has 104 valence electrons. The summed E-state index contributed by atoms with van der Waals surface area (Å²) < 4.78 is 0. The van der Waals surface area contributed by atoms with Crippen molar-refractivity contribution in [2.75, 3.05) is 0 Å². The van der Waals surface area contributed by atoms with Crippen LogP contribution in [-0.2, 0) is 9.59 Å². The molecule has 1 saturated carbocycles. The van der Waals surface area contributed by atoms with E-state index in [2.05, 4.69) is 19.2 Å². The summed E-state index contributed by atoms with van der Waals surface area (Å²) in [7, 11) is 0. The molecule has 1 amide bonds. The summed E-state index contributed by atoms with van der Waals surface area (Å²) in [6.07, 6.45) is 4.57. The highest BCUT2D eigenvalue weighted by molar-refractivity contribution is 5.87. The minimum atomic E-state index is -1.04. The Morgan fingerprint density at radius 3 is 2.56 bits per heavy atom. The van der Waals surface area contributed by atoms with E-state index in [1.165, 1.54) is 0 Å². The van der Waals surface area contributed by atoms with E-state index in [9.17, 15) is 14.7 Å². The van der Waals surface area contributed by atoms with Gasteiger partial charge in [-0.05, 0) is 31.1 Å². The van der Waals surface area contributed by atoms with Crippen molar-refractivity contribution >= 4 is 11.9 Å². The summed E-state index contributed by atoms with van der Waals surface area (Å²) >= 11 is 0. The number of carbonyl (C=O) groups excluding carboxylic acids is 1. The van der Waals surface area contributed by atoms with Gasteiger partial charge in [0.2, 0.25) is 5.91 Å². The molecule has 0 aromatic rings. The van der Waals surface area contributed by atoms with Gasteiger partial charge in [-0.3, -0.25) is 4.79 Å². The molecule has 1 fully saturated rings. The second-order valence-corrected chi connectivity index (χ2v) is 5.90. The second kappa shape index (κ2) is 6.21. The molecule has 0 radical (unpaired) electrons. The molecule has 2 atom stereocenters. The maximum atomic E-state index is 11.9. The Balaban J connectivity index is 2.68. The zero-order valence-corrected chi connectivity index (χ0v) is 11.7. The van der Waals surface area contributed by atoms with E-state index in [0.29, 0.717) is 18.8 Å². The maximum absolute atomic E-state index is 11.9. The standard InChI is InChI=1S/C14H25NO3/c1-10(2)7-8-12(16)15-14(13(17)18)9-5-4-6-11(14)3/h10-11H,4-9H2,1-3H3,(H,15,16)(H,17,18). The van der Waals surface area contributed by atoms with Gasteiger partial charge in [-0.25, -0.2) is 4.79 Å². The van der Waals surface area contributed by atoms with Crippen molar-refractivity contribution in [1.29, 1.82) is 0 Å². The van der Waals surface area contributed by atoms with Crippen molar-refractivity contribution in [3.63, 3.8) is 0 Å². The molecule has 18 heavy (non-hydrogen) atoms. The molecule has 0 bridgehead atoms. The van der Waals surface area contributed by atoms with Crippen LogP contribution < -0.4 is 5.32 Å². The normalized spacial score (nSPS) is 28.1. The van der Waals surface area contributed by atoms with E-state index in [1.807, 2.05) is 6.92 Å². The molecule has 0 aromatic carbocycles. The van der Waals surface area contributed by atoms with Crippen molar-refractivity contribution in [2.45, 2.75) is 64.8 Å². The lowest BCUT2D eigenvalue weighted by Crippen LogP contribution is -2.60. The van der Waals surface area contributed by atoms with E-state index in [1.54, 1.807) is 0 Å². The lowest BCUT2D eigenvalue weighted by atomic mass is 9.73. The average Bonchev–Trinajstić information content (AvgIpc) is 2.29. The Hall–Kier alpha value is -1.06. The number of carbonyl (C=O) groups is 2. The molecule has 1 aliphatic rings. The van der Waals surface area contributed by atoms with Gasteiger partial charge in [-0.1, -0.05) is 33.6 Å². The number of hydrogen-bond donors (Lipinski definition) is 2. The van der Waals surface area contributed by atoms with Crippen LogP contribution in [0, 0.1) is 11.8 Å². The lowest BCUT2D eigenvalue weighted by Gasteiger charge is -2.39. The molecule has 0 saturated heterocycles. The van der Waals surface area contributed by atoms with Crippen molar-refractivity contribution in [2.24, 2.45) is 11.8 Å². The Kier molecular flexibility index (Phi) is 5.17. The van der Waals surface area contributed by atoms with Crippen LogP contribution in [0.15, 0.2) is 0 Å². The lowest BCUT2D eigenvalue weighted by molar-refractivity contribution is -0.152. The first-order chi connectivity index (χ1) is 8.38. The number of carboxylic acids is 1. The quantitative estimate of drug-likeness (QED) is 0.793. The Labute approximate surface area is 109 Å². The van der Waals surface area contributed by atoms with Crippen LogP contribution >= 0.6 is 0 Å². The molecule has 1 aliphatic carbocycles. The van der Waals surface area contributed by atoms with Gasteiger partial charge in [0.05, 0.1) is 0 Å². The van der Waals surface area contributed by atoms with Crippen LogP contribution in [0.1, 0.15) is 59.3 Å². The molecule has 4 nitrogen and oxygen atoms in total. The first-order valence-corrected chi connectivity index (χ1v) is 6.93. The van der Waals surface area contributed by atoms with Crippen LogP contribution in [-0.4, -0.2) is 22.5 Å². The molecular formula is C14H25NO3. The molecule has 1 rings (SSSR count). The molecule has 0 spiro atoms. The molecule has 2 N–H and O–H groups in total. The van der Waals surface area contributed by atoms with Crippen molar-refractivity contribution in [3.8, 4) is 0 Å². The number of rotatable bonds is 5. The van der Waals surface area contributed by atoms with E-state index in [4.69, 9.17) is 0 Å². The maximum Gasteiger partial charge on any atom is 0.329 e. The van der Waals surface area contributed by atoms with Crippen LogP contribution in [0.3, 0.4) is 0 Å². The van der Waals surface area contributed by atoms with Crippen LogP contribution in [0.4, 0.5) is 0 Å². The van der Waals surface area contributed by atoms with Crippen molar-refractivity contribution in [1.82, 2.24) is 5.32 Å². The summed E-state index contributed by atoms with van der Waals surface area (Å²) in [6.45, 7) is 6.04. The fourth-order valence-corrected chi connectivity index (χ4v) is 2.64. The summed E-state index contributed by atoms with van der Waals surface area (Å²) in [5.41, 5.74) is -1.04. The van der Waals surface area contributed by atoms with Gasteiger partial charge in [0, 0.05) is 6.42 Å². The van der Waals surface area contributed by atoms with Crippen molar-refractivity contribution in [3.05, 3.63) is 0 Å². The zero-order valence-electron chi connectivity index (χ0n) is 11.7. The summed E-state index contributed by atoms with van der Waals surface area (Å²) in [4.78, 5) is 23.4. The molecule has 4 heteroatoms. The SMILES string of the molecule is CC(C)CCC(=O)NC1(C(=O)O)CCCCC1C. The monoisotopic (exact) mass is 255 g/mol. The minimum Gasteiger partial charge on any atom is -0.479 e. The Morgan fingerprint density at radius 2 is 2.06 bits per heavy atom. The van der Waals surface area contributed by atoms with E-state index >= 15 is 0 Å². The van der Waals surface area contributed by atoms with E-state index in [0.717, 1.165) is 25.7 Å². The highest BCUT2D eigenvalue weighted by Crippen LogP contribution is 2.34. The largest absolute Gasteiger partial charge is 0.479 e. The number of nitrogens with one attached hydrogen (secondary N) is 1. The summed E-state index contributed by atoms with van der Waals surface area (Å²) in [6, 6.07) is 0. The fourth-order valence-electron chi connectivity index (χ4n) is 2.64. The predicted molar refractivity (Wildman–Crippen MR) is 70.2 cm³/mol. The number of amides is 1. The third kappa shape index (κ3) is 3.47. The third-order valence-corrected chi connectivity index (χ3v) is 3.99. The van der Waals surface area contributed by atoms with E-state index < -0.39 is 11.5 Å². The van der Waals surface area contributed by atoms with Crippen LogP contribution in [0.5, 0.6) is 0 Å². The Morgan fingerprint density at radius 1 is 1.39 bits per heavy atom. The second-order valence-electron chi connectivity index (χ2n) is 5.90. The van der Waals surface area contributed by atoms with Crippen LogP contribution in [0.2, 0.25) is 0 Å². The molecule has 0 aliphatic heterocycles. The Bertz CT molecular complexity index is 314. The van der Waals surface area contributed by atoms with Crippen molar-refractivity contribution < 1.29 is 14.7 Å². The van der Waals surface area contributed by atoms with Gasteiger partial charge in [0.15, 0.2) is 0 Å². The number of hydrogen-bond acceptors (Lipinski definition) is 2. The van der Waals surface area contributed by atoms with Gasteiger partial charge in [0.1, 0.15) is 5.54 Å².